The van der Waals surface area contributed by atoms with Crippen LogP contribution in [0.15, 0.2) is 48.5 Å². The summed E-state index contributed by atoms with van der Waals surface area (Å²) in [6.45, 7) is 0.728. The first-order valence-corrected chi connectivity index (χ1v) is 7.37. The molecule has 1 fully saturated rings. The molecule has 0 aliphatic carbocycles. The zero-order chi connectivity index (χ0) is 14.8. The van der Waals surface area contributed by atoms with Gasteiger partial charge in [0.25, 0.3) is 0 Å². The number of nitrogens with zero attached hydrogens (tertiary/aromatic N) is 1. The van der Waals surface area contributed by atoms with Crippen LogP contribution >= 0.6 is 11.6 Å². The van der Waals surface area contributed by atoms with Crippen LogP contribution in [0.3, 0.4) is 0 Å². The maximum atomic E-state index is 12.2. The second-order valence-electron chi connectivity index (χ2n) is 5.24. The summed E-state index contributed by atoms with van der Waals surface area (Å²) >= 11 is 6.10. The van der Waals surface area contributed by atoms with E-state index in [0.29, 0.717) is 11.4 Å². The summed E-state index contributed by atoms with van der Waals surface area (Å²) in [5, 5.41) is 10.4. The lowest BCUT2D eigenvalue weighted by Gasteiger charge is -2.29. The summed E-state index contributed by atoms with van der Waals surface area (Å²) in [6, 6.07) is 14.4. The van der Waals surface area contributed by atoms with Crippen molar-refractivity contribution < 1.29 is 9.90 Å². The van der Waals surface area contributed by atoms with Crippen LogP contribution < -0.4 is 0 Å². The zero-order valence-corrected chi connectivity index (χ0v) is 12.3. The molecule has 1 aliphatic rings. The molecule has 1 heterocycles. The third kappa shape index (κ3) is 2.88. The van der Waals surface area contributed by atoms with Crippen LogP contribution in [0, 0.1) is 0 Å². The minimum absolute atomic E-state index is 0.142. The summed E-state index contributed by atoms with van der Waals surface area (Å²) in [6.07, 6.45) is 1.45. The molecule has 3 nitrogen and oxygen atoms in total. The molecule has 1 N–H and O–H groups in total. The van der Waals surface area contributed by atoms with Crippen LogP contribution in [0.1, 0.15) is 30.0 Å². The Morgan fingerprint density at radius 1 is 1.10 bits per heavy atom. The van der Waals surface area contributed by atoms with E-state index in [1.165, 1.54) is 0 Å². The molecule has 108 valence electrons. The number of carbonyl (C=O) groups is 1. The minimum Gasteiger partial charge on any atom is -0.508 e. The highest BCUT2D eigenvalue weighted by atomic mass is 35.5. The van der Waals surface area contributed by atoms with Gasteiger partial charge in [-0.2, -0.15) is 0 Å². The van der Waals surface area contributed by atoms with Crippen LogP contribution in [-0.4, -0.2) is 22.5 Å². The van der Waals surface area contributed by atoms with Crippen molar-refractivity contribution in [3.05, 3.63) is 64.7 Å². The molecule has 1 unspecified atom stereocenters. The number of rotatable bonds is 3. The maximum Gasteiger partial charge on any atom is 0.223 e. The summed E-state index contributed by atoms with van der Waals surface area (Å²) in [7, 11) is 0. The molecule has 21 heavy (non-hydrogen) atoms. The highest BCUT2D eigenvalue weighted by Crippen LogP contribution is 2.34. The van der Waals surface area contributed by atoms with Crippen LogP contribution in [-0.2, 0) is 4.79 Å². The van der Waals surface area contributed by atoms with Crippen molar-refractivity contribution in [2.24, 2.45) is 0 Å². The van der Waals surface area contributed by atoms with Crippen LogP contribution in [0.25, 0.3) is 0 Å². The van der Waals surface area contributed by atoms with E-state index in [2.05, 4.69) is 0 Å². The SMILES string of the molecule is O=C1CCCN1C(c1cccc(O)c1)c1cccc(Cl)c1. The minimum atomic E-state index is -0.203. The quantitative estimate of drug-likeness (QED) is 0.938. The van der Waals surface area contributed by atoms with E-state index in [4.69, 9.17) is 11.6 Å². The van der Waals surface area contributed by atoms with E-state index < -0.39 is 0 Å². The number of hydrogen-bond donors (Lipinski definition) is 1. The van der Waals surface area contributed by atoms with Gasteiger partial charge in [0.05, 0.1) is 6.04 Å². The molecular formula is C17H16ClNO2. The maximum absolute atomic E-state index is 12.2. The van der Waals surface area contributed by atoms with E-state index in [-0.39, 0.29) is 17.7 Å². The molecule has 0 radical (unpaired) electrons. The summed E-state index contributed by atoms with van der Waals surface area (Å²) < 4.78 is 0. The Morgan fingerprint density at radius 2 is 1.81 bits per heavy atom. The van der Waals surface area contributed by atoms with Gasteiger partial charge in [-0.15, -0.1) is 0 Å². The third-order valence-corrected chi connectivity index (χ3v) is 4.01. The van der Waals surface area contributed by atoms with Crippen molar-refractivity contribution in [2.75, 3.05) is 6.54 Å². The van der Waals surface area contributed by atoms with E-state index in [1.807, 2.05) is 35.2 Å². The number of hydrogen-bond acceptors (Lipinski definition) is 2. The van der Waals surface area contributed by atoms with Gasteiger partial charge >= 0.3 is 0 Å². The lowest BCUT2D eigenvalue weighted by molar-refractivity contribution is -0.129. The van der Waals surface area contributed by atoms with Crippen LogP contribution in [0.4, 0.5) is 0 Å². The predicted octanol–water partition coefficient (Wildman–Crippen LogP) is 3.76. The molecule has 2 aromatic rings. The average molecular weight is 302 g/mol. The van der Waals surface area contributed by atoms with Crippen molar-refractivity contribution in [3.63, 3.8) is 0 Å². The Hall–Kier alpha value is -2.00. The summed E-state index contributed by atoms with van der Waals surface area (Å²) in [5.41, 5.74) is 1.86. The van der Waals surface area contributed by atoms with Crippen LogP contribution in [0.5, 0.6) is 5.75 Å². The van der Waals surface area contributed by atoms with Crippen molar-refractivity contribution in [1.29, 1.82) is 0 Å². The van der Waals surface area contributed by atoms with Gasteiger partial charge in [-0.25, -0.2) is 0 Å². The van der Waals surface area contributed by atoms with E-state index in [1.54, 1.807) is 18.2 Å². The Balaban J connectivity index is 2.08. The monoisotopic (exact) mass is 301 g/mol. The molecule has 0 aromatic heterocycles. The Morgan fingerprint density at radius 3 is 2.43 bits per heavy atom. The summed E-state index contributed by atoms with van der Waals surface area (Å²) in [5.74, 6) is 0.342. The standard InChI is InChI=1S/C17H16ClNO2/c18-14-6-1-4-12(10-14)17(19-9-3-8-16(19)21)13-5-2-7-15(20)11-13/h1-2,4-7,10-11,17,20H,3,8-9H2. The number of likely N-dealkylation sites (tertiary alicyclic amines) is 1. The molecule has 1 aliphatic heterocycles. The third-order valence-electron chi connectivity index (χ3n) is 3.77. The molecule has 2 aromatic carbocycles. The zero-order valence-electron chi connectivity index (χ0n) is 11.5. The van der Waals surface area contributed by atoms with Crippen molar-refractivity contribution in [3.8, 4) is 5.75 Å². The molecular weight excluding hydrogens is 286 g/mol. The van der Waals surface area contributed by atoms with Crippen molar-refractivity contribution >= 4 is 17.5 Å². The van der Waals surface area contributed by atoms with Gasteiger partial charge in [0.1, 0.15) is 5.75 Å². The number of carbonyl (C=O) groups excluding carboxylic acids is 1. The highest BCUT2D eigenvalue weighted by Gasteiger charge is 2.30. The van der Waals surface area contributed by atoms with Crippen molar-refractivity contribution in [2.45, 2.75) is 18.9 Å². The lowest BCUT2D eigenvalue weighted by Crippen LogP contribution is -2.30. The number of phenolic OH excluding ortho intramolecular Hbond substituents is 1. The van der Waals surface area contributed by atoms with E-state index in [9.17, 15) is 9.90 Å². The first kappa shape index (κ1) is 14.0. The van der Waals surface area contributed by atoms with Gasteiger partial charge in [0.2, 0.25) is 5.91 Å². The molecule has 4 heteroatoms. The van der Waals surface area contributed by atoms with Gasteiger partial charge in [0.15, 0.2) is 0 Å². The first-order valence-electron chi connectivity index (χ1n) is 6.99. The lowest BCUT2D eigenvalue weighted by atomic mass is 9.97. The molecule has 1 saturated heterocycles. The second-order valence-corrected chi connectivity index (χ2v) is 5.68. The number of benzene rings is 2. The highest BCUT2D eigenvalue weighted by molar-refractivity contribution is 6.30. The van der Waals surface area contributed by atoms with Gasteiger partial charge in [0, 0.05) is 18.0 Å². The molecule has 1 atom stereocenters. The molecule has 3 rings (SSSR count). The largest absolute Gasteiger partial charge is 0.508 e. The number of amides is 1. The second kappa shape index (κ2) is 5.78. The van der Waals surface area contributed by atoms with Crippen molar-refractivity contribution in [1.82, 2.24) is 4.90 Å². The van der Waals surface area contributed by atoms with Crippen LogP contribution in [0.2, 0.25) is 5.02 Å². The van der Waals surface area contributed by atoms with Gasteiger partial charge in [-0.05, 0) is 41.8 Å². The predicted molar refractivity (Wildman–Crippen MR) is 82.3 cm³/mol. The topological polar surface area (TPSA) is 40.5 Å². The number of aromatic hydroxyl groups is 1. The fourth-order valence-electron chi connectivity index (χ4n) is 2.87. The fourth-order valence-corrected chi connectivity index (χ4v) is 3.06. The average Bonchev–Trinajstić information content (AvgIpc) is 2.86. The van der Waals surface area contributed by atoms with Gasteiger partial charge in [-0.3, -0.25) is 4.79 Å². The Labute approximate surface area is 128 Å². The molecule has 0 saturated carbocycles. The van der Waals surface area contributed by atoms with E-state index >= 15 is 0 Å². The number of phenols is 1. The van der Waals surface area contributed by atoms with Gasteiger partial charge in [-0.1, -0.05) is 35.9 Å². The normalized spacial score (nSPS) is 16.2. The Bertz CT molecular complexity index is 626. The van der Waals surface area contributed by atoms with Gasteiger partial charge < -0.3 is 10.0 Å². The Kier molecular flexibility index (Phi) is 3.84. The molecule has 0 spiro atoms. The molecule has 1 amide bonds. The molecule has 0 bridgehead atoms. The van der Waals surface area contributed by atoms with E-state index in [0.717, 1.165) is 24.1 Å². The first-order chi connectivity index (χ1) is 10.1. The summed E-state index contributed by atoms with van der Waals surface area (Å²) in [4.78, 5) is 14.0. The number of halogens is 1. The smallest absolute Gasteiger partial charge is 0.223 e. The fraction of sp³-hybridized carbons (Fsp3) is 0.235.